The van der Waals surface area contributed by atoms with Gasteiger partial charge in [-0.3, -0.25) is 9.59 Å². The minimum atomic E-state index is -0.665. The maximum Gasteiger partial charge on any atom is 0.263 e. The molecule has 1 saturated heterocycles. The van der Waals surface area contributed by atoms with E-state index in [2.05, 4.69) is 0 Å². The molecular weight excluding hydrogens is 412 g/mol. The second-order valence-electron chi connectivity index (χ2n) is 7.47. The summed E-state index contributed by atoms with van der Waals surface area (Å²) >= 11 is 0. The molecule has 0 bridgehead atoms. The summed E-state index contributed by atoms with van der Waals surface area (Å²) < 4.78 is 22.2. The van der Waals surface area contributed by atoms with E-state index in [1.54, 1.807) is 62.1 Å². The van der Waals surface area contributed by atoms with Gasteiger partial charge >= 0.3 is 0 Å². The van der Waals surface area contributed by atoms with Crippen molar-refractivity contribution in [2.24, 2.45) is 0 Å². The van der Waals surface area contributed by atoms with E-state index in [9.17, 15) is 9.59 Å². The van der Waals surface area contributed by atoms with Crippen LogP contribution in [0, 0.1) is 0 Å². The smallest absolute Gasteiger partial charge is 0.263 e. The van der Waals surface area contributed by atoms with Crippen LogP contribution in [0.2, 0.25) is 0 Å². The van der Waals surface area contributed by atoms with Gasteiger partial charge < -0.3 is 28.7 Å². The Morgan fingerprint density at radius 2 is 0.969 bits per heavy atom. The fraction of sp³-hybridized carbons (Fsp3) is 0.417. The molecule has 0 spiro atoms. The molecule has 1 aliphatic rings. The highest BCUT2D eigenvalue weighted by atomic mass is 16.5. The van der Waals surface area contributed by atoms with Crippen LogP contribution in [-0.2, 0) is 9.59 Å². The Labute approximate surface area is 188 Å². The molecule has 1 aliphatic heterocycles. The van der Waals surface area contributed by atoms with E-state index in [-0.39, 0.29) is 11.8 Å². The molecule has 2 atom stereocenters. The molecule has 3 rings (SSSR count). The van der Waals surface area contributed by atoms with Crippen molar-refractivity contribution >= 4 is 11.8 Å². The van der Waals surface area contributed by atoms with Crippen molar-refractivity contribution in [1.82, 2.24) is 9.80 Å². The first kappa shape index (κ1) is 23.2. The number of para-hydroxylation sites is 4. The van der Waals surface area contributed by atoms with Crippen LogP contribution in [0.25, 0.3) is 0 Å². The zero-order chi connectivity index (χ0) is 23.1. The molecule has 172 valence electrons. The maximum absolute atomic E-state index is 12.8. The fourth-order valence-electron chi connectivity index (χ4n) is 3.58. The van der Waals surface area contributed by atoms with Gasteiger partial charge in [0.25, 0.3) is 11.8 Å². The van der Waals surface area contributed by atoms with Gasteiger partial charge in [-0.25, -0.2) is 0 Å². The molecule has 0 unspecified atom stereocenters. The van der Waals surface area contributed by atoms with Gasteiger partial charge in [0.15, 0.2) is 35.2 Å². The second-order valence-corrected chi connectivity index (χ2v) is 7.47. The molecule has 0 N–H and O–H groups in total. The Morgan fingerprint density at radius 3 is 1.28 bits per heavy atom. The van der Waals surface area contributed by atoms with Crippen molar-refractivity contribution in [1.29, 1.82) is 0 Å². The van der Waals surface area contributed by atoms with Crippen LogP contribution in [-0.4, -0.2) is 74.2 Å². The van der Waals surface area contributed by atoms with Gasteiger partial charge in [0.2, 0.25) is 0 Å². The highest BCUT2D eigenvalue weighted by Gasteiger charge is 2.30. The number of piperazine rings is 1. The number of methoxy groups -OCH3 is 2. The van der Waals surface area contributed by atoms with Crippen molar-refractivity contribution in [3.05, 3.63) is 48.5 Å². The summed E-state index contributed by atoms with van der Waals surface area (Å²) in [6.07, 6.45) is -1.33. The molecule has 1 fully saturated rings. The summed E-state index contributed by atoms with van der Waals surface area (Å²) in [6.45, 7) is 5.18. The molecular formula is C24H30N2O6. The number of carbonyl (C=O) groups is 2. The van der Waals surface area contributed by atoms with Crippen molar-refractivity contribution < 1.29 is 28.5 Å². The zero-order valence-electron chi connectivity index (χ0n) is 18.9. The Morgan fingerprint density at radius 1 is 0.656 bits per heavy atom. The maximum atomic E-state index is 12.8. The highest BCUT2D eigenvalue weighted by molar-refractivity contribution is 5.83. The van der Waals surface area contributed by atoms with Gasteiger partial charge in [0.1, 0.15) is 0 Å². The standard InChI is InChI=1S/C24H30N2O6/c1-17(31-21-11-7-5-9-19(21)29-3)23(27)25-13-15-26(16-14-25)24(28)18(2)32-22-12-8-6-10-20(22)30-4/h5-12,17-18H,13-16H2,1-4H3/t17-,18+. The number of rotatable bonds is 8. The zero-order valence-corrected chi connectivity index (χ0v) is 18.9. The first-order valence-corrected chi connectivity index (χ1v) is 10.6. The van der Waals surface area contributed by atoms with Gasteiger partial charge in [-0.05, 0) is 38.1 Å². The van der Waals surface area contributed by atoms with Crippen molar-refractivity contribution in [2.75, 3.05) is 40.4 Å². The Hall–Kier alpha value is -3.42. The largest absolute Gasteiger partial charge is 0.493 e. The van der Waals surface area contributed by atoms with Crippen molar-refractivity contribution in [2.45, 2.75) is 26.1 Å². The number of ether oxygens (including phenoxy) is 4. The van der Waals surface area contributed by atoms with Gasteiger partial charge in [0.05, 0.1) is 14.2 Å². The van der Waals surface area contributed by atoms with Crippen LogP contribution < -0.4 is 18.9 Å². The third kappa shape index (κ3) is 5.43. The summed E-state index contributed by atoms with van der Waals surface area (Å²) in [5.74, 6) is 1.94. The van der Waals surface area contributed by atoms with E-state index in [0.717, 1.165) is 0 Å². The molecule has 0 aliphatic carbocycles. The van der Waals surface area contributed by atoms with E-state index < -0.39 is 12.2 Å². The summed E-state index contributed by atoms with van der Waals surface area (Å²) in [6, 6.07) is 14.4. The number of hydrogen-bond donors (Lipinski definition) is 0. The van der Waals surface area contributed by atoms with E-state index >= 15 is 0 Å². The monoisotopic (exact) mass is 442 g/mol. The molecule has 1 heterocycles. The van der Waals surface area contributed by atoms with Crippen LogP contribution in [0.3, 0.4) is 0 Å². The Balaban J connectivity index is 1.52. The minimum Gasteiger partial charge on any atom is -0.493 e. The summed E-state index contributed by atoms with van der Waals surface area (Å²) in [4.78, 5) is 29.1. The van der Waals surface area contributed by atoms with Crippen LogP contribution in [0.4, 0.5) is 0 Å². The fourth-order valence-corrected chi connectivity index (χ4v) is 3.58. The lowest BCUT2D eigenvalue weighted by molar-refractivity contribution is -0.146. The number of hydrogen-bond acceptors (Lipinski definition) is 6. The quantitative estimate of drug-likeness (QED) is 0.626. The molecule has 0 saturated carbocycles. The molecule has 2 amide bonds. The van der Waals surface area contributed by atoms with Crippen LogP contribution >= 0.6 is 0 Å². The van der Waals surface area contributed by atoms with Gasteiger partial charge in [-0.2, -0.15) is 0 Å². The Bertz CT molecular complexity index is 851. The number of amides is 2. The normalized spacial score (nSPS) is 15.5. The van der Waals surface area contributed by atoms with Gasteiger partial charge in [-0.15, -0.1) is 0 Å². The molecule has 0 radical (unpaired) electrons. The lowest BCUT2D eigenvalue weighted by Crippen LogP contribution is -2.55. The third-order valence-electron chi connectivity index (χ3n) is 5.34. The van der Waals surface area contributed by atoms with E-state index in [4.69, 9.17) is 18.9 Å². The van der Waals surface area contributed by atoms with Crippen LogP contribution in [0.15, 0.2) is 48.5 Å². The average molecular weight is 443 g/mol. The predicted octanol–water partition coefficient (Wildman–Crippen LogP) is 2.61. The number of benzene rings is 2. The van der Waals surface area contributed by atoms with E-state index in [1.807, 2.05) is 24.3 Å². The summed E-state index contributed by atoms with van der Waals surface area (Å²) in [5, 5.41) is 0. The first-order chi connectivity index (χ1) is 15.4. The lowest BCUT2D eigenvalue weighted by Gasteiger charge is -2.36. The SMILES string of the molecule is COc1ccccc1O[C@@H](C)C(=O)N1CCN(C(=O)[C@@H](C)Oc2ccccc2OC)CC1. The third-order valence-corrected chi connectivity index (χ3v) is 5.34. The summed E-state index contributed by atoms with van der Waals surface area (Å²) in [7, 11) is 3.12. The molecule has 8 nitrogen and oxygen atoms in total. The van der Waals surface area contributed by atoms with E-state index in [0.29, 0.717) is 49.2 Å². The van der Waals surface area contributed by atoms with Crippen molar-refractivity contribution in [3.63, 3.8) is 0 Å². The van der Waals surface area contributed by atoms with Gasteiger partial charge in [0, 0.05) is 26.2 Å². The van der Waals surface area contributed by atoms with E-state index in [1.165, 1.54) is 0 Å². The topological polar surface area (TPSA) is 77.5 Å². The van der Waals surface area contributed by atoms with Crippen LogP contribution in [0.1, 0.15) is 13.8 Å². The Kier molecular flexibility index (Phi) is 7.81. The first-order valence-electron chi connectivity index (χ1n) is 10.6. The summed E-state index contributed by atoms with van der Waals surface area (Å²) in [5.41, 5.74) is 0. The molecule has 2 aromatic carbocycles. The highest BCUT2D eigenvalue weighted by Crippen LogP contribution is 2.28. The lowest BCUT2D eigenvalue weighted by atomic mass is 10.2. The number of nitrogens with zero attached hydrogens (tertiary/aromatic N) is 2. The average Bonchev–Trinajstić information content (AvgIpc) is 2.83. The minimum absolute atomic E-state index is 0.124. The van der Waals surface area contributed by atoms with Crippen LogP contribution in [0.5, 0.6) is 23.0 Å². The number of carbonyl (C=O) groups excluding carboxylic acids is 2. The van der Waals surface area contributed by atoms with Crippen molar-refractivity contribution in [3.8, 4) is 23.0 Å². The molecule has 2 aromatic rings. The molecule has 32 heavy (non-hydrogen) atoms. The van der Waals surface area contributed by atoms with Gasteiger partial charge in [-0.1, -0.05) is 24.3 Å². The molecule has 0 aromatic heterocycles. The predicted molar refractivity (Wildman–Crippen MR) is 119 cm³/mol. The second kappa shape index (κ2) is 10.7. The molecule has 8 heteroatoms.